The van der Waals surface area contributed by atoms with Gasteiger partial charge in [-0.25, -0.2) is 0 Å². The number of rotatable bonds is 10. The van der Waals surface area contributed by atoms with Crippen molar-refractivity contribution in [2.24, 2.45) is 0 Å². The highest BCUT2D eigenvalue weighted by molar-refractivity contribution is 9.10. The van der Waals surface area contributed by atoms with Crippen molar-refractivity contribution >= 4 is 50.9 Å². The number of ether oxygens (including phenoxy) is 1. The maximum absolute atomic E-state index is 13.4. The molecule has 2 rings (SSSR count). The molecule has 1 N–H and O–H groups in total. The average Bonchev–Trinajstić information content (AvgIpc) is 2.79. The van der Waals surface area contributed by atoms with Crippen LogP contribution in [-0.4, -0.2) is 35.4 Å². The molecule has 0 heterocycles. The maximum Gasteiger partial charge on any atom is 0.261 e. The highest BCUT2D eigenvalue weighted by Crippen LogP contribution is 2.31. The van der Waals surface area contributed by atoms with E-state index < -0.39 is 6.04 Å². The van der Waals surface area contributed by atoms with E-state index in [9.17, 15) is 9.59 Å². The molecular formula is C27H35BrCl2N2O3. The van der Waals surface area contributed by atoms with Crippen molar-refractivity contribution in [3.8, 4) is 5.75 Å². The SMILES string of the molecule is CC[C@@H](C)NC(=O)[C@H](CC)N(Cc1ccc(Cl)c(Cl)c1)C(=O)COc1ccc(C(C)(C)C)cc1Br. The Morgan fingerprint density at radius 1 is 1.06 bits per heavy atom. The normalized spacial score (nSPS) is 13.2. The first-order valence-corrected chi connectivity index (χ1v) is 13.4. The molecular weight excluding hydrogens is 551 g/mol. The van der Waals surface area contributed by atoms with E-state index in [1.54, 1.807) is 23.1 Å². The number of benzene rings is 2. The predicted octanol–water partition coefficient (Wildman–Crippen LogP) is 7.15. The fourth-order valence-electron chi connectivity index (χ4n) is 3.50. The van der Waals surface area contributed by atoms with E-state index >= 15 is 0 Å². The van der Waals surface area contributed by atoms with E-state index in [1.165, 1.54) is 0 Å². The molecule has 0 fully saturated rings. The summed E-state index contributed by atoms with van der Waals surface area (Å²) in [6.07, 6.45) is 1.25. The minimum atomic E-state index is -0.652. The Hall–Kier alpha value is -1.76. The molecule has 0 aromatic heterocycles. The molecule has 0 bridgehead atoms. The lowest BCUT2D eigenvalue weighted by molar-refractivity contribution is -0.143. The largest absolute Gasteiger partial charge is 0.483 e. The molecule has 35 heavy (non-hydrogen) atoms. The highest BCUT2D eigenvalue weighted by atomic mass is 79.9. The third kappa shape index (κ3) is 8.40. The molecule has 8 heteroatoms. The van der Waals surface area contributed by atoms with Crippen LogP contribution in [0.3, 0.4) is 0 Å². The van der Waals surface area contributed by atoms with Crippen molar-refractivity contribution in [1.82, 2.24) is 10.2 Å². The smallest absolute Gasteiger partial charge is 0.261 e. The molecule has 2 aromatic carbocycles. The number of amides is 2. The van der Waals surface area contributed by atoms with Gasteiger partial charge in [-0.05, 0) is 76.5 Å². The minimum Gasteiger partial charge on any atom is -0.483 e. The van der Waals surface area contributed by atoms with Crippen LogP contribution >= 0.6 is 39.1 Å². The Labute approximate surface area is 227 Å². The summed E-state index contributed by atoms with van der Waals surface area (Å²) in [5, 5.41) is 3.83. The van der Waals surface area contributed by atoms with Crippen molar-refractivity contribution < 1.29 is 14.3 Å². The van der Waals surface area contributed by atoms with Gasteiger partial charge in [-0.15, -0.1) is 0 Å². The number of carbonyl (C=O) groups is 2. The first-order chi connectivity index (χ1) is 16.4. The van der Waals surface area contributed by atoms with Gasteiger partial charge < -0.3 is 15.0 Å². The minimum absolute atomic E-state index is 0.00650. The summed E-state index contributed by atoms with van der Waals surface area (Å²) in [6, 6.07) is 10.4. The van der Waals surface area contributed by atoms with Gasteiger partial charge in [0.15, 0.2) is 6.61 Å². The van der Waals surface area contributed by atoms with E-state index in [0.29, 0.717) is 22.2 Å². The van der Waals surface area contributed by atoms with Gasteiger partial charge in [0.05, 0.1) is 14.5 Å². The summed E-state index contributed by atoms with van der Waals surface area (Å²) in [4.78, 5) is 28.0. The molecule has 0 radical (unpaired) electrons. The lowest BCUT2D eigenvalue weighted by Gasteiger charge is -2.31. The molecule has 2 atom stereocenters. The number of carbonyl (C=O) groups excluding carboxylic acids is 2. The zero-order chi connectivity index (χ0) is 26.3. The van der Waals surface area contributed by atoms with Crippen LogP contribution < -0.4 is 10.1 Å². The van der Waals surface area contributed by atoms with Gasteiger partial charge in [-0.1, -0.05) is 70.0 Å². The Kier molecular flexibility index (Phi) is 10.9. The van der Waals surface area contributed by atoms with Crippen LogP contribution in [0.25, 0.3) is 0 Å². The topological polar surface area (TPSA) is 58.6 Å². The highest BCUT2D eigenvalue weighted by Gasteiger charge is 2.30. The van der Waals surface area contributed by atoms with Gasteiger partial charge in [0.25, 0.3) is 5.91 Å². The second kappa shape index (κ2) is 13.0. The van der Waals surface area contributed by atoms with E-state index in [4.69, 9.17) is 27.9 Å². The van der Waals surface area contributed by atoms with Crippen LogP contribution in [0.5, 0.6) is 5.75 Å². The molecule has 5 nitrogen and oxygen atoms in total. The van der Waals surface area contributed by atoms with Crippen molar-refractivity contribution in [3.63, 3.8) is 0 Å². The quantitative estimate of drug-likeness (QED) is 0.322. The van der Waals surface area contributed by atoms with Crippen molar-refractivity contribution in [2.45, 2.75) is 78.4 Å². The van der Waals surface area contributed by atoms with Crippen LogP contribution in [0.2, 0.25) is 10.0 Å². The Morgan fingerprint density at radius 3 is 2.29 bits per heavy atom. The molecule has 0 aliphatic carbocycles. The molecule has 2 aromatic rings. The molecule has 0 aliphatic rings. The third-order valence-electron chi connectivity index (χ3n) is 5.87. The van der Waals surface area contributed by atoms with Gasteiger partial charge in [-0.2, -0.15) is 0 Å². The van der Waals surface area contributed by atoms with Crippen LogP contribution in [0.15, 0.2) is 40.9 Å². The molecule has 2 amide bonds. The van der Waals surface area contributed by atoms with Gasteiger partial charge >= 0.3 is 0 Å². The molecule has 0 saturated heterocycles. The van der Waals surface area contributed by atoms with Gasteiger partial charge in [-0.3, -0.25) is 9.59 Å². The maximum atomic E-state index is 13.4. The summed E-state index contributed by atoms with van der Waals surface area (Å²) in [5.41, 5.74) is 1.92. The number of hydrogen-bond donors (Lipinski definition) is 1. The van der Waals surface area contributed by atoms with Crippen LogP contribution in [0.1, 0.15) is 65.5 Å². The summed E-state index contributed by atoms with van der Waals surface area (Å²) < 4.78 is 6.66. The second-order valence-corrected chi connectivity index (χ2v) is 11.4. The zero-order valence-electron chi connectivity index (χ0n) is 21.3. The summed E-state index contributed by atoms with van der Waals surface area (Å²) in [5.74, 6) is 0.0814. The van der Waals surface area contributed by atoms with E-state index in [-0.39, 0.29) is 36.4 Å². The monoisotopic (exact) mass is 584 g/mol. The number of hydrogen-bond acceptors (Lipinski definition) is 3. The standard InChI is InChI=1S/C27H35BrCl2N2O3/c1-7-17(3)31-26(34)23(8-2)32(15-18-9-11-21(29)22(30)13-18)25(33)16-35-24-12-10-19(14-20(24)28)27(4,5)6/h9-14,17,23H,7-8,15-16H2,1-6H3,(H,31,34)/t17-,23+/m1/s1. The third-order valence-corrected chi connectivity index (χ3v) is 7.23. The van der Waals surface area contributed by atoms with Crippen molar-refractivity contribution in [3.05, 3.63) is 62.0 Å². The number of nitrogens with zero attached hydrogens (tertiary/aromatic N) is 1. The fraction of sp³-hybridized carbons (Fsp3) is 0.481. The van der Waals surface area contributed by atoms with Gasteiger partial charge in [0, 0.05) is 12.6 Å². The summed E-state index contributed by atoms with van der Waals surface area (Å²) >= 11 is 15.8. The van der Waals surface area contributed by atoms with E-state index in [1.807, 2.05) is 39.0 Å². The number of halogens is 3. The molecule has 0 aliphatic heterocycles. The Bertz CT molecular complexity index is 1040. The number of nitrogens with one attached hydrogen (secondary N) is 1. The van der Waals surface area contributed by atoms with Crippen molar-refractivity contribution in [1.29, 1.82) is 0 Å². The van der Waals surface area contributed by atoms with Gasteiger partial charge in [0.2, 0.25) is 5.91 Å². The van der Waals surface area contributed by atoms with E-state index in [2.05, 4.69) is 42.0 Å². The van der Waals surface area contributed by atoms with Crippen LogP contribution in [-0.2, 0) is 21.5 Å². The fourth-order valence-corrected chi connectivity index (χ4v) is 4.32. The Morgan fingerprint density at radius 2 is 1.74 bits per heavy atom. The summed E-state index contributed by atoms with van der Waals surface area (Å²) in [7, 11) is 0. The lowest BCUT2D eigenvalue weighted by atomic mass is 9.87. The Balaban J connectivity index is 2.27. The van der Waals surface area contributed by atoms with Crippen LogP contribution in [0, 0.1) is 0 Å². The molecule has 0 saturated carbocycles. The average molecular weight is 586 g/mol. The first-order valence-electron chi connectivity index (χ1n) is 11.8. The molecule has 192 valence electrons. The van der Waals surface area contributed by atoms with Crippen molar-refractivity contribution in [2.75, 3.05) is 6.61 Å². The second-order valence-electron chi connectivity index (χ2n) is 9.70. The van der Waals surface area contributed by atoms with Crippen LogP contribution in [0.4, 0.5) is 0 Å². The lowest BCUT2D eigenvalue weighted by Crippen LogP contribution is -2.51. The molecule has 0 spiro atoms. The van der Waals surface area contributed by atoms with Gasteiger partial charge in [0.1, 0.15) is 11.8 Å². The van der Waals surface area contributed by atoms with E-state index in [0.717, 1.165) is 22.0 Å². The molecule has 0 unspecified atom stereocenters. The zero-order valence-corrected chi connectivity index (χ0v) is 24.4. The first kappa shape index (κ1) is 29.5. The summed E-state index contributed by atoms with van der Waals surface area (Å²) in [6.45, 7) is 12.2. The predicted molar refractivity (Wildman–Crippen MR) is 147 cm³/mol.